The van der Waals surface area contributed by atoms with Gasteiger partial charge in [0.25, 0.3) is 0 Å². The molecule has 2 rings (SSSR count). The summed E-state index contributed by atoms with van der Waals surface area (Å²) in [6.07, 6.45) is 1.76. The summed E-state index contributed by atoms with van der Waals surface area (Å²) in [6.45, 7) is 5.80. The van der Waals surface area contributed by atoms with Crippen LogP contribution < -0.4 is 5.32 Å². The molecule has 0 aliphatic heterocycles. The van der Waals surface area contributed by atoms with Crippen LogP contribution in [0.15, 0.2) is 30.5 Å². The van der Waals surface area contributed by atoms with Crippen molar-refractivity contribution in [2.75, 3.05) is 12.4 Å². The van der Waals surface area contributed by atoms with Crippen LogP contribution in [0.25, 0.3) is 10.8 Å². The van der Waals surface area contributed by atoms with Crippen LogP contribution >= 0.6 is 0 Å². The Hall–Kier alpha value is -1.90. The molecule has 0 saturated heterocycles. The molecule has 0 aliphatic rings. The van der Waals surface area contributed by atoms with Gasteiger partial charge in [0, 0.05) is 29.6 Å². The summed E-state index contributed by atoms with van der Waals surface area (Å²) in [4.78, 5) is 16.5. The van der Waals surface area contributed by atoms with Gasteiger partial charge < -0.3 is 5.32 Å². The molecule has 0 saturated carbocycles. The number of benzene rings is 1. The Bertz CT molecular complexity index is 597. The maximum absolute atomic E-state index is 12.3. The molecule has 1 aromatic carbocycles. The van der Waals surface area contributed by atoms with E-state index in [-0.39, 0.29) is 11.2 Å². The van der Waals surface area contributed by atoms with E-state index < -0.39 is 0 Å². The highest BCUT2D eigenvalue weighted by atomic mass is 16.1. The van der Waals surface area contributed by atoms with Crippen molar-refractivity contribution in [2.24, 2.45) is 5.41 Å². The van der Waals surface area contributed by atoms with Gasteiger partial charge >= 0.3 is 0 Å². The molecule has 0 spiro atoms. The van der Waals surface area contributed by atoms with Gasteiger partial charge in [-0.25, -0.2) is 4.98 Å². The number of nitrogens with zero attached hydrogens (tertiary/aromatic N) is 1. The maximum atomic E-state index is 12.3. The summed E-state index contributed by atoms with van der Waals surface area (Å²) in [6, 6.07) is 7.72. The third-order valence-corrected chi connectivity index (χ3v) is 2.95. The lowest BCUT2D eigenvalue weighted by Crippen LogP contribution is -2.20. The molecule has 0 radical (unpaired) electrons. The number of carbonyl (C=O) groups excluding carboxylic acids is 1. The predicted molar refractivity (Wildman–Crippen MR) is 75.1 cm³/mol. The van der Waals surface area contributed by atoms with E-state index in [1.54, 1.807) is 6.20 Å². The fourth-order valence-corrected chi connectivity index (χ4v) is 1.94. The first-order chi connectivity index (χ1) is 8.43. The summed E-state index contributed by atoms with van der Waals surface area (Å²) >= 11 is 0. The third kappa shape index (κ3) is 2.21. The summed E-state index contributed by atoms with van der Waals surface area (Å²) in [5.74, 6) is 0.950. The Labute approximate surface area is 107 Å². The lowest BCUT2D eigenvalue weighted by molar-refractivity contribution is 0.0858. The Balaban J connectivity index is 2.60. The second-order valence-electron chi connectivity index (χ2n) is 5.42. The zero-order valence-electron chi connectivity index (χ0n) is 11.2. The van der Waals surface area contributed by atoms with E-state index >= 15 is 0 Å². The van der Waals surface area contributed by atoms with Crippen LogP contribution in [0.1, 0.15) is 31.1 Å². The molecule has 0 unspecified atom stereocenters. The molecule has 94 valence electrons. The van der Waals surface area contributed by atoms with Gasteiger partial charge in [0.15, 0.2) is 5.78 Å². The van der Waals surface area contributed by atoms with Crippen molar-refractivity contribution < 1.29 is 4.79 Å². The summed E-state index contributed by atoms with van der Waals surface area (Å²) < 4.78 is 0. The first-order valence-electron chi connectivity index (χ1n) is 6.05. The third-order valence-electron chi connectivity index (χ3n) is 2.95. The van der Waals surface area contributed by atoms with E-state index in [1.807, 2.05) is 52.1 Å². The van der Waals surface area contributed by atoms with E-state index in [1.165, 1.54) is 0 Å². The molecule has 3 heteroatoms. The number of nitrogens with one attached hydrogen (secondary N) is 1. The van der Waals surface area contributed by atoms with Crippen molar-refractivity contribution in [2.45, 2.75) is 20.8 Å². The summed E-state index contributed by atoms with van der Waals surface area (Å²) in [5, 5.41) is 5.12. The fourth-order valence-electron chi connectivity index (χ4n) is 1.94. The number of rotatable bonds is 2. The predicted octanol–water partition coefficient (Wildman–Crippen LogP) is 3.51. The number of carbonyl (C=O) groups is 1. The molecular weight excluding hydrogens is 224 g/mol. The minimum atomic E-state index is -0.365. The second-order valence-corrected chi connectivity index (χ2v) is 5.42. The lowest BCUT2D eigenvalue weighted by Gasteiger charge is -2.17. The minimum absolute atomic E-state index is 0.148. The van der Waals surface area contributed by atoms with Crippen molar-refractivity contribution in [3.63, 3.8) is 0 Å². The van der Waals surface area contributed by atoms with Crippen LogP contribution in [-0.4, -0.2) is 17.8 Å². The highest BCUT2D eigenvalue weighted by molar-refractivity contribution is 6.04. The highest BCUT2D eigenvalue weighted by Gasteiger charge is 2.23. The Morgan fingerprint density at radius 1 is 1.22 bits per heavy atom. The van der Waals surface area contributed by atoms with Crippen LogP contribution in [0.5, 0.6) is 0 Å². The van der Waals surface area contributed by atoms with Crippen molar-refractivity contribution in [1.29, 1.82) is 0 Å². The van der Waals surface area contributed by atoms with Gasteiger partial charge in [-0.3, -0.25) is 4.79 Å². The molecule has 3 nitrogen and oxygen atoms in total. The van der Waals surface area contributed by atoms with E-state index in [0.29, 0.717) is 0 Å². The van der Waals surface area contributed by atoms with Crippen molar-refractivity contribution >= 4 is 22.4 Å². The molecule has 1 aromatic heterocycles. The van der Waals surface area contributed by atoms with Gasteiger partial charge in [0.05, 0.1) is 0 Å². The standard InChI is InChI=1S/C15H18N2O/c1-15(2,3)13(18)11-6-5-10-7-8-17-14(16-4)12(10)9-11/h5-9H,1-4H3,(H,16,17). The number of Topliss-reactive ketones (excluding diaryl/α,β-unsaturated/α-hetero) is 1. The SMILES string of the molecule is CNc1nccc2ccc(C(=O)C(C)(C)C)cc12. The molecule has 0 atom stereocenters. The van der Waals surface area contributed by atoms with Crippen molar-refractivity contribution in [1.82, 2.24) is 4.98 Å². The van der Waals surface area contributed by atoms with Crippen LogP contribution in [0.2, 0.25) is 0 Å². The zero-order chi connectivity index (χ0) is 13.3. The van der Waals surface area contributed by atoms with Crippen LogP contribution in [0.3, 0.4) is 0 Å². The smallest absolute Gasteiger partial charge is 0.168 e. The number of fused-ring (bicyclic) bond motifs is 1. The largest absolute Gasteiger partial charge is 0.373 e. The number of hydrogen-bond acceptors (Lipinski definition) is 3. The average molecular weight is 242 g/mol. The molecule has 1 heterocycles. The molecule has 0 amide bonds. The molecular formula is C15H18N2O. The average Bonchev–Trinajstić information content (AvgIpc) is 2.35. The van der Waals surface area contributed by atoms with Crippen LogP contribution in [-0.2, 0) is 0 Å². The van der Waals surface area contributed by atoms with Crippen molar-refractivity contribution in [3.8, 4) is 0 Å². The Kier molecular flexibility index (Phi) is 3.07. The normalized spacial score (nSPS) is 11.6. The Morgan fingerprint density at radius 3 is 2.56 bits per heavy atom. The molecule has 0 fully saturated rings. The number of pyridine rings is 1. The highest BCUT2D eigenvalue weighted by Crippen LogP contribution is 2.26. The number of aromatic nitrogens is 1. The molecule has 2 aromatic rings. The summed E-state index contributed by atoms with van der Waals surface area (Å²) in [5.41, 5.74) is 0.370. The van der Waals surface area contributed by atoms with E-state index in [2.05, 4.69) is 10.3 Å². The van der Waals surface area contributed by atoms with Crippen LogP contribution in [0.4, 0.5) is 5.82 Å². The van der Waals surface area contributed by atoms with Gasteiger partial charge in [-0.1, -0.05) is 32.9 Å². The Morgan fingerprint density at radius 2 is 1.94 bits per heavy atom. The van der Waals surface area contributed by atoms with Gasteiger partial charge in [0.2, 0.25) is 0 Å². The first kappa shape index (κ1) is 12.6. The molecule has 0 aliphatic carbocycles. The lowest BCUT2D eigenvalue weighted by atomic mass is 9.86. The molecule has 18 heavy (non-hydrogen) atoms. The second kappa shape index (κ2) is 4.41. The fraction of sp³-hybridized carbons (Fsp3) is 0.333. The number of hydrogen-bond donors (Lipinski definition) is 1. The number of ketones is 1. The monoisotopic (exact) mass is 242 g/mol. The van der Waals surface area contributed by atoms with Crippen LogP contribution in [0, 0.1) is 5.41 Å². The van der Waals surface area contributed by atoms with E-state index in [9.17, 15) is 4.79 Å². The van der Waals surface area contributed by atoms with E-state index in [4.69, 9.17) is 0 Å². The minimum Gasteiger partial charge on any atom is -0.373 e. The van der Waals surface area contributed by atoms with Gasteiger partial charge in [-0.05, 0) is 17.5 Å². The maximum Gasteiger partial charge on any atom is 0.168 e. The summed E-state index contributed by atoms with van der Waals surface area (Å²) in [7, 11) is 1.83. The molecule has 1 N–H and O–H groups in total. The van der Waals surface area contributed by atoms with Gasteiger partial charge in [-0.15, -0.1) is 0 Å². The number of anilines is 1. The zero-order valence-corrected chi connectivity index (χ0v) is 11.2. The van der Waals surface area contributed by atoms with Gasteiger partial charge in [-0.2, -0.15) is 0 Å². The van der Waals surface area contributed by atoms with Gasteiger partial charge in [0.1, 0.15) is 5.82 Å². The quantitative estimate of drug-likeness (QED) is 0.819. The molecule has 0 bridgehead atoms. The topological polar surface area (TPSA) is 42.0 Å². The first-order valence-corrected chi connectivity index (χ1v) is 6.05. The van der Waals surface area contributed by atoms with Crippen molar-refractivity contribution in [3.05, 3.63) is 36.0 Å². The van der Waals surface area contributed by atoms with E-state index in [0.717, 1.165) is 22.2 Å².